The molecule has 0 amide bonds. The smallest absolute Gasteiger partial charge is 0.417 e. The maximum Gasteiger partial charge on any atom is 0.417 e. The van der Waals surface area contributed by atoms with Crippen LogP contribution in [0, 0.1) is 0 Å². The fraction of sp³-hybridized carbons (Fsp3) is 0.0625. The highest BCUT2D eigenvalue weighted by atomic mass is 19.4. The molecule has 0 spiro atoms. The standard InChI is InChI=1S/C16H9F3O2/c17-16(18,19)12-7-3-2-6-11(12)15(20)14-9-10-5-1-4-8-13(10)21-14/h1-9H. The molecule has 2 aromatic carbocycles. The summed E-state index contributed by atoms with van der Waals surface area (Å²) in [4.78, 5) is 12.3. The third-order valence-corrected chi connectivity index (χ3v) is 3.13. The molecular formula is C16H9F3O2. The average molecular weight is 290 g/mol. The summed E-state index contributed by atoms with van der Waals surface area (Å²) < 4.78 is 44.2. The van der Waals surface area contributed by atoms with Crippen LogP contribution in [-0.2, 0) is 6.18 Å². The van der Waals surface area contributed by atoms with Gasteiger partial charge in [-0.15, -0.1) is 0 Å². The number of hydrogen-bond donors (Lipinski definition) is 0. The van der Waals surface area contributed by atoms with Crippen LogP contribution < -0.4 is 0 Å². The first-order chi connectivity index (χ1) is 9.97. The Morgan fingerprint density at radius 2 is 1.62 bits per heavy atom. The molecule has 2 nitrogen and oxygen atoms in total. The molecule has 1 heterocycles. The number of fused-ring (bicyclic) bond motifs is 1. The molecule has 5 heteroatoms. The Labute approximate surface area is 117 Å². The molecule has 21 heavy (non-hydrogen) atoms. The van der Waals surface area contributed by atoms with Gasteiger partial charge in [-0.1, -0.05) is 36.4 Å². The lowest BCUT2D eigenvalue weighted by molar-refractivity contribution is -0.137. The number of benzene rings is 2. The van der Waals surface area contributed by atoms with Gasteiger partial charge in [-0.05, 0) is 18.2 Å². The number of halogens is 3. The fourth-order valence-electron chi connectivity index (χ4n) is 2.15. The first kappa shape index (κ1) is 13.4. The first-order valence-corrected chi connectivity index (χ1v) is 6.16. The third-order valence-electron chi connectivity index (χ3n) is 3.13. The van der Waals surface area contributed by atoms with Crippen LogP contribution in [0.5, 0.6) is 0 Å². The average Bonchev–Trinajstić information content (AvgIpc) is 2.89. The van der Waals surface area contributed by atoms with Crippen LogP contribution in [0.25, 0.3) is 11.0 Å². The van der Waals surface area contributed by atoms with Crippen molar-refractivity contribution in [2.24, 2.45) is 0 Å². The van der Waals surface area contributed by atoms with Crippen molar-refractivity contribution in [3.8, 4) is 0 Å². The minimum atomic E-state index is -4.59. The van der Waals surface area contributed by atoms with E-state index >= 15 is 0 Å². The van der Waals surface area contributed by atoms with Gasteiger partial charge in [-0.25, -0.2) is 0 Å². The number of ketones is 1. The molecule has 3 aromatic rings. The minimum Gasteiger partial charge on any atom is -0.453 e. The molecule has 0 atom stereocenters. The Morgan fingerprint density at radius 3 is 2.33 bits per heavy atom. The summed E-state index contributed by atoms with van der Waals surface area (Å²) in [7, 11) is 0. The highest BCUT2D eigenvalue weighted by Crippen LogP contribution is 2.33. The molecule has 0 saturated carbocycles. The number of carbonyl (C=O) groups excluding carboxylic acids is 1. The van der Waals surface area contributed by atoms with E-state index in [1.807, 2.05) is 0 Å². The number of para-hydroxylation sites is 1. The highest BCUT2D eigenvalue weighted by Gasteiger charge is 2.35. The lowest BCUT2D eigenvalue weighted by Crippen LogP contribution is -2.13. The second kappa shape index (κ2) is 4.77. The van der Waals surface area contributed by atoms with Gasteiger partial charge in [0.15, 0.2) is 5.76 Å². The molecular weight excluding hydrogens is 281 g/mol. The Balaban J connectivity index is 2.10. The maximum absolute atomic E-state index is 12.9. The maximum atomic E-state index is 12.9. The van der Waals surface area contributed by atoms with Gasteiger partial charge < -0.3 is 4.42 Å². The Bertz CT molecular complexity index is 783. The predicted octanol–water partition coefficient (Wildman–Crippen LogP) is 4.68. The summed E-state index contributed by atoms with van der Waals surface area (Å²) in [6.07, 6.45) is -4.59. The monoisotopic (exact) mass is 290 g/mol. The molecule has 0 radical (unpaired) electrons. The highest BCUT2D eigenvalue weighted by molar-refractivity contribution is 6.10. The molecule has 0 aliphatic rings. The van der Waals surface area contributed by atoms with Gasteiger partial charge in [0.25, 0.3) is 0 Å². The summed E-state index contributed by atoms with van der Waals surface area (Å²) >= 11 is 0. The zero-order valence-electron chi connectivity index (χ0n) is 10.6. The second-order valence-corrected chi connectivity index (χ2v) is 4.52. The normalized spacial score (nSPS) is 11.8. The van der Waals surface area contributed by atoms with Crippen LogP contribution in [-0.4, -0.2) is 5.78 Å². The fourth-order valence-corrected chi connectivity index (χ4v) is 2.15. The quantitative estimate of drug-likeness (QED) is 0.641. The van der Waals surface area contributed by atoms with Crippen LogP contribution in [0.15, 0.2) is 59.0 Å². The number of carbonyl (C=O) groups is 1. The number of alkyl halides is 3. The summed E-state index contributed by atoms with van der Waals surface area (Å²) in [5.41, 5.74) is -0.912. The van der Waals surface area contributed by atoms with Gasteiger partial charge in [0.1, 0.15) is 5.58 Å². The number of furan rings is 1. The van der Waals surface area contributed by atoms with Crippen molar-refractivity contribution >= 4 is 16.8 Å². The van der Waals surface area contributed by atoms with E-state index in [1.165, 1.54) is 18.2 Å². The van der Waals surface area contributed by atoms with E-state index in [-0.39, 0.29) is 5.76 Å². The van der Waals surface area contributed by atoms with E-state index in [4.69, 9.17) is 4.42 Å². The van der Waals surface area contributed by atoms with Gasteiger partial charge in [0.2, 0.25) is 5.78 Å². The topological polar surface area (TPSA) is 30.2 Å². The predicted molar refractivity (Wildman–Crippen MR) is 71.1 cm³/mol. The second-order valence-electron chi connectivity index (χ2n) is 4.52. The molecule has 0 aliphatic heterocycles. The van der Waals surface area contributed by atoms with Crippen LogP contribution in [0.1, 0.15) is 21.7 Å². The third kappa shape index (κ3) is 2.42. The Hall–Kier alpha value is -2.56. The van der Waals surface area contributed by atoms with Gasteiger partial charge in [-0.3, -0.25) is 4.79 Å². The van der Waals surface area contributed by atoms with E-state index in [2.05, 4.69) is 0 Å². The van der Waals surface area contributed by atoms with Gasteiger partial charge >= 0.3 is 6.18 Å². The summed E-state index contributed by atoms with van der Waals surface area (Å²) in [6, 6.07) is 13.0. The zero-order chi connectivity index (χ0) is 15.0. The van der Waals surface area contributed by atoms with Crippen molar-refractivity contribution < 1.29 is 22.4 Å². The van der Waals surface area contributed by atoms with Crippen molar-refractivity contribution in [2.75, 3.05) is 0 Å². The lowest BCUT2D eigenvalue weighted by Gasteiger charge is -2.10. The van der Waals surface area contributed by atoms with Gasteiger partial charge in [0, 0.05) is 10.9 Å². The molecule has 0 fully saturated rings. The molecule has 106 valence electrons. The molecule has 0 bridgehead atoms. The van der Waals surface area contributed by atoms with E-state index < -0.39 is 23.1 Å². The van der Waals surface area contributed by atoms with E-state index in [0.29, 0.717) is 11.0 Å². The van der Waals surface area contributed by atoms with Crippen molar-refractivity contribution in [3.63, 3.8) is 0 Å². The Morgan fingerprint density at radius 1 is 0.952 bits per heavy atom. The molecule has 0 unspecified atom stereocenters. The minimum absolute atomic E-state index is 0.104. The molecule has 0 saturated heterocycles. The van der Waals surface area contributed by atoms with Crippen molar-refractivity contribution in [2.45, 2.75) is 6.18 Å². The largest absolute Gasteiger partial charge is 0.453 e. The molecule has 3 rings (SSSR count). The van der Waals surface area contributed by atoms with Crippen LogP contribution in [0.2, 0.25) is 0 Å². The molecule has 0 N–H and O–H groups in total. The summed E-state index contributed by atoms with van der Waals surface area (Å²) in [6.45, 7) is 0. The first-order valence-electron chi connectivity index (χ1n) is 6.16. The summed E-state index contributed by atoms with van der Waals surface area (Å²) in [5, 5.41) is 0.672. The van der Waals surface area contributed by atoms with E-state index in [9.17, 15) is 18.0 Å². The van der Waals surface area contributed by atoms with Crippen molar-refractivity contribution in [1.82, 2.24) is 0 Å². The number of hydrogen-bond acceptors (Lipinski definition) is 2. The van der Waals surface area contributed by atoms with Gasteiger partial charge in [-0.2, -0.15) is 13.2 Å². The van der Waals surface area contributed by atoms with Crippen LogP contribution in [0.3, 0.4) is 0 Å². The summed E-state index contributed by atoms with van der Waals surface area (Å²) in [5.74, 6) is -0.882. The Kier molecular flexibility index (Phi) is 3.05. The van der Waals surface area contributed by atoms with Crippen molar-refractivity contribution in [1.29, 1.82) is 0 Å². The SMILES string of the molecule is O=C(c1cc2ccccc2o1)c1ccccc1C(F)(F)F. The zero-order valence-corrected chi connectivity index (χ0v) is 10.6. The van der Waals surface area contributed by atoms with E-state index in [0.717, 1.165) is 12.1 Å². The lowest BCUT2D eigenvalue weighted by atomic mass is 10.0. The number of rotatable bonds is 2. The van der Waals surface area contributed by atoms with Crippen LogP contribution >= 0.6 is 0 Å². The van der Waals surface area contributed by atoms with Crippen molar-refractivity contribution in [3.05, 3.63) is 71.5 Å². The van der Waals surface area contributed by atoms with Gasteiger partial charge in [0.05, 0.1) is 5.56 Å². The molecule has 0 aliphatic carbocycles. The van der Waals surface area contributed by atoms with E-state index in [1.54, 1.807) is 24.3 Å². The molecule has 1 aromatic heterocycles. The van der Waals surface area contributed by atoms with Crippen LogP contribution in [0.4, 0.5) is 13.2 Å².